The number of carbonyl (C=O) groups is 2. The molecule has 0 fully saturated rings. The summed E-state index contributed by atoms with van der Waals surface area (Å²) >= 11 is 0. The topological polar surface area (TPSA) is 109 Å². The molecule has 0 aliphatic heterocycles. The molecular weight excluding hydrogens is 262 g/mol. The SMILES string of the molecule is O=C(NCCCn1ccnn1)NC1C=CC(C(=O)O)C1. The molecule has 0 bridgehead atoms. The first-order valence-corrected chi connectivity index (χ1v) is 6.45. The lowest BCUT2D eigenvalue weighted by Gasteiger charge is -2.13. The number of urea groups is 1. The second kappa shape index (κ2) is 6.69. The second-order valence-corrected chi connectivity index (χ2v) is 4.59. The molecule has 0 aromatic carbocycles. The highest BCUT2D eigenvalue weighted by Crippen LogP contribution is 2.17. The van der Waals surface area contributed by atoms with Gasteiger partial charge in [-0.1, -0.05) is 17.4 Å². The molecule has 1 aliphatic rings. The van der Waals surface area contributed by atoms with Crippen molar-refractivity contribution in [3.63, 3.8) is 0 Å². The van der Waals surface area contributed by atoms with Crippen LogP contribution in [0.4, 0.5) is 4.79 Å². The molecule has 8 heteroatoms. The number of aryl methyl sites for hydroxylation is 1. The van der Waals surface area contributed by atoms with Gasteiger partial charge in [0, 0.05) is 19.3 Å². The number of carboxylic acids is 1. The zero-order valence-corrected chi connectivity index (χ0v) is 10.9. The summed E-state index contributed by atoms with van der Waals surface area (Å²) in [5.74, 6) is -1.37. The number of amides is 2. The predicted octanol–water partition coefficient (Wildman–Crippen LogP) is -0.00330. The van der Waals surface area contributed by atoms with Crippen molar-refractivity contribution < 1.29 is 14.7 Å². The first-order chi connectivity index (χ1) is 9.65. The van der Waals surface area contributed by atoms with Gasteiger partial charge in [-0.25, -0.2) is 4.79 Å². The number of carboxylic acid groups (broad SMARTS) is 1. The Morgan fingerprint density at radius 2 is 2.25 bits per heavy atom. The number of rotatable bonds is 6. The minimum absolute atomic E-state index is 0.216. The number of nitrogens with one attached hydrogen (secondary N) is 2. The van der Waals surface area contributed by atoms with Crippen LogP contribution >= 0.6 is 0 Å². The normalized spacial score (nSPS) is 20.8. The summed E-state index contributed by atoms with van der Waals surface area (Å²) in [6.07, 6.45) is 7.84. The molecule has 20 heavy (non-hydrogen) atoms. The molecule has 2 rings (SSSR count). The molecule has 1 heterocycles. The Hall–Kier alpha value is -2.38. The van der Waals surface area contributed by atoms with Gasteiger partial charge in [-0.05, 0) is 12.8 Å². The lowest BCUT2D eigenvalue weighted by Crippen LogP contribution is -2.41. The number of hydrogen-bond acceptors (Lipinski definition) is 4. The van der Waals surface area contributed by atoms with Crippen LogP contribution in [0.2, 0.25) is 0 Å². The van der Waals surface area contributed by atoms with Gasteiger partial charge in [0.05, 0.1) is 18.2 Å². The smallest absolute Gasteiger partial charge is 0.315 e. The van der Waals surface area contributed by atoms with Crippen LogP contribution in [-0.2, 0) is 11.3 Å². The maximum Gasteiger partial charge on any atom is 0.315 e. The summed E-state index contributed by atoms with van der Waals surface area (Å²) in [5, 5.41) is 21.8. The number of aliphatic carboxylic acids is 1. The summed E-state index contributed by atoms with van der Waals surface area (Å²) in [6.45, 7) is 1.20. The molecule has 0 radical (unpaired) electrons. The minimum Gasteiger partial charge on any atom is -0.481 e. The highest BCUT2D eigenvalue weighted by molar-refractivity contribution is 5.76. The molecule has 1 aromatic rings. The van der Waals surface area contributed by atoms with Gasteiger partial charge in [0.15, 0.2) is 0 Å². The monoisotopic (exact) mass is 279 g/mol. The van der Waals surface area contributed by atoms with E-state index in [0.717, 1.165) is 6.42 Å². The van der Waals surface area contributed by atoms with Crippen molar-refractivity contribution in [1.82, 2.24) is 25.6 Å². The molecule has 3 N–H and O–H groups in total. The highest BCUT2D eigenvalue weighted by atomic mass is 16.4. The maximum absolute atomic E-state index is 11.6. The standard InChI is InChI=1S/C12H17N5O3/c18-11(19)9-2-3-10(8-9)15-12(20)13-4-1-6-17-7-5-14-16-17/h2-3,5,7,9-10H,1,4,6,8H2,(H,18,19)(H2,13,15,20). The predicted molar refractivity (Wildman–Crippen MR) is 69.8 cm³/mol. The van der Waals surface area contributed by atoms with Gasteiger partial charge in [0.1, 0.15) is 0 Å². The molecule has 2 atom stereocenters. The van der Waals surface area contributed by atoms with E-state index in [-0.39, 0.29) is 12.1 Å². The summed E-state index contributed by atoms with van der Waals surface area (Å²) in [7, 11) is 0. The maximum atomic E-state index is 11.6. The number of hydrogen-bond donors (Lipinski definition) is 3. The minimum atomic E-state index is -0.862. The Morgan fingerprint density at radius 1 is 1.40 bits per heavy atom. The zero-order chi connectivity index (χ0) is 14.4. The Balaban J connectivity index is 1.59. The van der Waals surface area contributed by atoms with E-state index < -0.39 is 11.9 Å². The van der Waals surface area contributed by atoms with Gasteiger partial charge in [-0.3, -0.25) is 9.48 Å². The van der Waals surface area contributed by atoms with Crippen molar-refractivity contribution in [1.29, 1.82) is 0 Å². The lowest BCUT2D eigenvalue weighted by molar-refractivity contribution is -0.140. The molecule has 2 amide bonds. The van der Waals surface area contributed by atoms with Crippen LogP contribution < -0.4 is 10.6 Å². The van der Waals surface area contributed by atoms with E-state index in [0.29, 0.717) is 19.5 Å². The van der Waals surface area contributed by atoms with Crippen molar-refractivity contribution in [2.45, 2.75) is 25.4 Å². The number of nitrogens with zero attached hydrogens (tertiary/aromatic N) is 3. The van der Waals surface area contributed by atoms with E-state index in [1.807, 2.05) is 0 Å². The van der Waals surface area contributed by atoms with Crippen molar-refractivity contribution in [3.05, 3.63) is 24.5 Å². The fraction of sp³-hybridized carbons (Fsp3) is 0.500. The van der Waals surface area contributed by atoms with Gasteiger partial charge in [0.25, 0.3) is 0 Å². The van der Waals surface area contributed by atoms with E-state index in [1.54, 1.807) is 29.2 Å². The van der Waals surface area contributed by atoms with Gasteiger partial charge in [0.2, 0.25) is 0 Å². The average Bonchev–Trinajstić information content (AvgIpc) is 3.05. The van der Waals surface area contributed by atoms with E-state index in [9.17, 15) is 9.59 Å². The Labute approximate surface area is 115 Å². The highest BCUT2D eigenvalue weighted by Gasteiger charge is 2.25. The van der Waals surface area contributed by atoms with E-state index in [4.69, 9.17) is 5.11 Å². The average molecular weight is 279 g/mol. The molecule has 8 nitrogen and oxygen atoms in total. The zero-order valence-electron chi connectivity index (χ0n) is 10.9. The first kappa shape index (κ1) is 14.0. The molecule has 108 valence electrons. The van der Waals surface area contributed by atoms with E-state index in [1.165, 1.54) is 0 Å². The molecule has 1 aliphatic carbocycles. The van der Waals surface area contributed by atoms with Crippen molar-refractivity contribution >= 4 is 12.0 Å². The molecule has 2 unspecified atom stereocenters. The second-order valence-electron chi connectivity index (χ2n) is 4.59. The van der Waals surface area contributed by atoms with Gasteiger partial charge >= 0.3 is 12.0 Å². The Bertz CT molecular complexity index is 485. The van der Waals surface area contributed by atoms with Crippen LogP contribution in [-0.4, -0.2) is 44.7 Å². The van der Waals surface area contributed by atoms with Crippen molar-refractivity contribution in [2.75, 3.05) is 6.54 Å². The molecular formula is C12H17N5O3. The van der Waals surface area contributed by atoms with Crippen molar-refractivity contribution in [3.8, 4) is 0 Å². The fourth-order valence-corrected chi connectivity index (χ4v) is 2.00. The molecule has 0 spiro atoms. The van der Waals surface area contributed by atoms with Crippen LogP contribution in [0.5, 0.6) is 0 Å². The first-order valence-electron chi connectivity index (χ1n) is 6.45. The van der Waals surface area contributed by atoms with Crippen LogP contribution in [0.25, 0.3) is 0 Å². The van der Waals surface area contributed by atoms with Crippen molar-refractivity contribution in [2.24, 2.45) is 5.92 Å². The quantitative estimate of drug-likeness (QED) is 0.501. The molecule has 0 saturated heterocycles. The van der Waals surface area contributed by atoms with Gasteiger partial charge in [-0.15, -0.1) is 5.10 Å². The van der Waals surface area contributed by atoms with Crippen LogP contribution in [0.15, 0.2) is 24.5 Å². The summed E-state index contributed by atoms with van der Waals surface area (Å²) in [5.41, 5.74) is 0. The Morgan fingerprint density at radius 3 is 2.90 bits per heavy atom. The largest absolute Gasteiger partial charge is 0.481 e. The third-order valence-corrected chi connectivity index (χ3v) is 3.04. The van der Waals surface area contributed by atoms with E-state index >= 15 is 0 Å². The fourth-order valence-electron chi connectivity index (χ4n) is 2.00. The number of carbonyl (C=O) groups excluding carboxylic acids is 1. The summed E-state index contributed by atoms with van der Waals surface area (Å²) < 4.78 is 1.69. The molecule has 0 saturated carbocycles. The Kier molecular flexibility index (Phi) is 4.70. The summed E-state index contributed by atoms with van der Waals surface area (Å²) in [6, 6.07) is -0.504. The molecule has 1 aromatic heterocycles. The summed E-state index contributed by atoms with van der Waals surface area (Å²) in [4.78, 5) is 22.4. The van der Waals surface area contributed by atoms with E-state index in [2.05, 4.69) is 20.9 Å². The lowest BCUT2D eigenvalue weighted by atomic mass is 10.1. The third kappa shape index (κ3) is 4.08. The third-order valence-electron chi connectivity index (χ3n) is 3.04. The number of aromatic nitrogens is 3. The van der Waals surface area contributed by atoms with Crippen LogP contribution in [0, 0.1) is 5.92 Å². The van der Waals surface area contributed by atoms with Crippen LogP contribution in [0.3, 0.4) is 0 Å². The van der Waals surface area contributed by atoms with Gasteiger partial charge in [-0.2, -0.15) is 0 Å². The van der Waals surface area contributed by atoms with Crippen LogP contribution in [0.1, 0.15) is 12.8 Å². The van der Waals surface area contributed by atoms with Gasteiger partial charge < -0.3 is 15.7 Å².